The summed E-state index contributed by atoms with van der Waals surface area (Å²) in [5, 5.41) is 0. The molecule has 0 aliphatic carbocycles. The van der Waals surface area contributed by atoms with E-state index in [0.717, 1.165) is 6.07 Å². The minimum atomic E-state index is -3.66. The van der Waals surface area contributed by atoms with Crippen LogP contribution in [0.1, 0.15) is 5.56 Å². The van der Waals surface area contributed by atoms with Crippen LogP contribution in [0.3, 0.4) is 0 Å². The van der Waals surface area contributed by atoms with Crippen LogP contribution in [0, 0.1) is 5.82 Å². The number of hydrogen-bond donors (Lipinski definition) is 1. The summed E-state index contributed by atoms with van der Waals surface area (Å²) in [5.41, 5.74) is 5.98. The molecule has 0 spiro atoms. The second kappa shape index (κ2) is 5.54. The van der Waals surface area contributed by atoms with E-state index in [2.05, 4.69) is 4.90 Å². The van der Waals surface area contributed by atoms with Crippen molar-refractivity contribution in [2.24, 2.45) is 5.73 Å². The molecule has 0 amide bonds. The molecule has 1 aromatic carbocycles. The third-order valence-electron chi connectivity index (χ3n) is 3.33. The van der Waals surface area contributed by atoms with Crippen molar-refractivity contribution in [3.05, 3.63) is 29.6 Å². The number of nitrogens with zero attached hydrogens (tertiary/aromatic N) is 2. The van der Waals surface area contributed by atoms with Gasteiger partial charge in [0.05, 0.1) is 4.90 Å². The van der Waals surface area contributed by atoms with Gasteiger partial charge in [-0.05, 0) is 24.7 Å². The molecule has 0 bridgehead atoms. The number of piperazine rings is 1. The van der Waals surface area contributed by atoms with Crippen LogP contribution in [0.2, 0.25) is 0 Å². The number of hydrogen-bond acceptors (Lipinski definition) is 4. The summed E-state index contributed by atoms with van der Waals surface area (Å²) in [6.07, 6.45) is 0. The van der Waals surface area contributed by atoms with Crippen LogP contribution in [0.25, 0.3) is 0 Å². The largest absolute Gasteiger partial charge is 0.326 e. The van der Waals surface area contributed by atoms with E-state index in [1.54, 1.807) is 0 Å². The predicted molar refractivity (Wildman–Crippen MR) is 70.5 cm³/mol. The molecule has 1 fully saturated rings. The molecule has 5 nitrogen and oxygen atoms in total. The quantitative estimate of drug-likeness (QED) is 0.863. The van der Waals surface area contributed by atoms with Crippen molar-refractivity contribution >= 4 is 10.0 Å². The zero-order chi connectivity index (χ0) is 14.0. The maximum atomic E-state index is 13.3. The zero-order valence-electron chi connectivity index (χ0n) is 10.8. The van der Waals surface area contributed by atoms with Crippen molar-refractivity contribution in [2.75, 3.05) is 33.2 Å². The molecule has 1 heterocycles. The molecule has 0 aromatic heterocycles. The number of halogens is 1. The van der Waals surface area contributed by atoms with E-state index in [9.17, 15) is 12.8 Å². The minimum Gasteiger partial charge on any atom is -0.326 e. The van der Waals surface area contributed by atoms with Crippen LogP contribution in [-0.4, -0.2) is 50.8 Å². The Bertz CT molecular complexity index is 554. The van der Waals surface area contributed by atoms with Gasteiger partial charge in [-0.25, -0.2) is 12.8 Å². The standard InChI is InChI=1S/C12H18FN3O2S/c1-15-4-6-16(7-5-15)19(17,18)12-8-11(13)3-2-10(12)9-14/h2-3,8H,4-7,9,14H2,1H3. The van der Waals surface area contributed by atoms with Gasteiger partial charge in [-0.2, -0.15) is 4.31 Å². The molecule has 0 saturated carbocycles. The topological polar surface area (TPSA) is 66.6 Å². The molecule has 1 aromatic rings. The summed E-state index contributed by atoms with van der Waals surface area (Å²) >= 11 is 0. The minimum absolute atomic E-state index is 0.0143. The van der Waals surface area contributed by atoms with Crippen LogP contribution in [0.4, 0.5) is 4.39 Å². The fraction of sp³-hybridized carbons (Fsp3) is 0.500. The lowest BCUT2D eigenvalue weighted by Crippen LogP contribution is -2.47. The van der Waals surface area contributed by atoms with Crippen LogP contribution in [-0.2, 0) is 16.6 Å². The van der Waals surface area contributed by atoms with E-state index in [1.165, 1.54) is 16.4 Å². The molecular weight excluding hydrogens is 269 g/mol. The van der Waals surface area contributed by atoms with Crippen LogP contribution >= 0.6 is 0 Å². The van der Waals surface area contributed by atoms with E-state index in [-0.39, 0.29) is 11.4 Å². The molecule has 19 heavy (non-hydrogen) atoms. The highest BCUT2D eigenvalue weighted by Crippen LogP contribution is 2.22. The summed E-state index contributed by atoms with van der Waals surface area (Å²) in [6, 6.07) is 3.71. The molecule has 2 N–H and O–H groups in total. The highest BCUT2D eigenvalue weighted by atomic mass is 32.2. The summed E-state index contributed by atoms with van der Waals surface area (Å²) in [4.78, 5) is 2.04. The molecule has 1 saturated heterocycles. The molecule has 1 aliphatic rings. The Hall–Kier alpha value is -1.02. The van der Waals surface area contributed by atoms with Gasteiger partial charge in [-0.15, -0.1) is 0 Å². The van der Waals surface area contributed by atoms with Gasteiger partial charge in [0, 0.05) is 32.7 Å². The first-order valence-corrected chi connectivity index (χ1v) is 7.56. The van der Waals surface area contributed by atoms with E-state index in [4.69, 9.17) is 5.73 Å². The normalized spacial score (nSPS) is 18.7. The van der Waals surface area contributed by atoms with E-state index in [0.29, 0.717) is 31.7 Å². The van der Waals surface area contributed by atoms with Gasteiger partial charge in [0.1, 0.15) is 5.82 Å². The average molecular weight is 287 g/mol. The van der Waals surface area contributed by atoms with E-state index < -0.39 is 15.8 Å². The Kier molecular flexibility index (Phi) is 4.19. The maximum Gasteiger partial charge on any atom is 0.243 e. The first-order valence-electron chi connectivity index (χ1n) is 6.12. The molecule has 0 radical (unpaired) electrons. The molecule has 7 heteroatoms. The zero-order valence-corrected chi connectivity index (χ0v) is 11.7. The lowest BCUT2D eigenvalue weighted by Gasteiger charge is -2.32. The lowest BCUT2D eigenvalue weighted by molar-refractivity contribution is 0.222. The van der Waals surface area contributed by atoms with Crippen molar-refractivity contribution in [2.45, 2.75) is 11.4 Å². The summed E-state index contributed by atoms with van der Waals surface area (Å²) in [7, 11) is -1.72. The fourth-order valence-corrected chi connectivity index (χ4v) is 3.77. The van der Waals surface area contributed by atoms with E-state index in [1.807, 2.05) is 7.05 Å². The Balaban J connectivity index is 2.36. The average Bonchev–Trinajstić information content (AvgIpc) is 2.39. The number of likely N-dealkylation sites (N-methyl/N-ethyl adjacent to an activating group) is 1. The SMILES string of the molecule is CN1CCN(S(=O)(=O)c2cc(F)ccc2CN)CC1. The fourth-order valence-electron chi connectivity index (χ4n) is 2.10. The summed E-state index contributed by atoms with van der Waals surface area (Å²) in [6.45, 7) is 2.25. The molecule has 0 unspecified atom stereocenters. The Morgan fingerprint density at radius 2 is 1.89 bits per heavy atom. The number of benzene rings is 1. The third-order valence-corrected chi connectivity index (χ3v) is 5.31. The highest BCUT2D eigenvalue weighted by Gasteiger charge is 2.29. The molecule has 106 valence electrons. The van der Waals surface area contributed by atoms with Gasteiger partial charge >= 0.3 is 0 Å². The predicted octanol–water partition coefficient (Wildman–Crippen LogP) is 0.220. The summed E-state index contributed by atoms with van der Waals surface area (Å²) < 4.78 is 39.7. The number of rotatable bonds is 3. The first-order chi connectivity index (χ1) is 8.95. The van der Waals surface area contributed by atoms with Gasteiger partial charge in [-0.1, -0.05) is 6.07 Å². The smallest absolute Gasteiger partial charge is 0.243 e. The molecule has 0 atom stereocenters. The van der Waals surface area contributed by atoms with Gasteiger partial charge in [0.25, 0.3) is 0 Å². The van der Waals surface area contributed by atoms with Crippen molar-refractivity contribution < 1.29 is 12.8 Å². The van der Waals surface area contributed by atoms with Crippen molar-refractivity contribution in [3.8, 4) is 0 Å². The van der Waals surface area contributed by atoms with Gasteiger partial charge in [0.15, 0.2) is 0 Å². The van der Waals surface area contributed by atoms with Gasteiger partial charge in [0.2, 0.25) is 10.0 Å². The second-order valence-electron chi connectivity index (χ2n) is 4.66. The Morgan fingerprint density at radius 1 is 1.26 bits per heavy atom. The Labute approximate surface area is 112 Å². The number of sulfonamides is 1. The number of nitrogens with two attached hydrogens (primary N) is 1. The molecule has 2 rings (SSSR count). The van der Waals surface area contributed by atoms with Crippen molar-refractivity contribution in [1.29, 1.82) is 0 Å². The van der Waals surface area contributed by atoms with E-state index >= 15 is 0 Å². The third kappa shape index (κ3) is 2.94. The van der Waals surface area contributed by atoms with Gasteiger partial charge < -0.3 is 10.6 Å². The lowest BCUT2D eigenvalue weighted by atomic mass is 10.2. The summed E-state index contributed by atoms with van der Waals surface area (Å²) in [5.74, 6) is -0.565. The Morgan fingerprint density at radius 3 is 2.47 bits per heavy atom. The van der Waals surface area contributed by atoms with Crippen molar-refractivity contribution in [1.82, 2.24) is 9.21 Å². The monoisotopic (exact) mass is 287 g/mol. The molecular formula is C12H18FN3O2S. The molecule has 1 aliphatic heterocycles. The highest BCUT2D eigenvalue weighted by molar-refractivity contribution is 7.89. The van der Waals surface area contributed by atoms with Gasteiger partial charge in [-0.3, -0.25) is 0 Å². The van der Waals surface area contributed by atoms with Crippen molar-refractivity contribution in [3.63, 3.8) is 0 Å². The second-order valence-corrected chi connectivity index (χ2v) is 6.57. The van der Waals surface area contributed by atoms with Crippen LogP contribution in [0.5, 0.6) is 0 Å². The van der Waals surface area contributed by atoms with Crippen LogP contribution < -0.4 is 5.73 Å². The van der Waals surface area contributed by atoms with Crippen LogP contribution in [0.15, 0.2) is 23.1 Å². The maximum absolute atomic E-state index is 13.3. The first kappa shape index (κ1) is 14.4.